The lowest BCUT2D eigenvalue weighted by atomic mass is 10.1. The summed E-state index contributed by atoms with van der Waals surface area (Å²) in [6, 6.07) is 6.62. The van der Waals surface area contributed by atoms with Gasteiger partial charge in [0.15, 0.2) is 0 Å². The van der Waals surface area contributed by atoms with E-state index in [0.717, 1.165) is 17.1 Å². The standard InChI is InChI=1S/C23H24F2N2O7/c1-3-17-20(30)23(24,25)21(34-17)27-5-4-15(26-22(27)31)9-18(29)32-11-16-8-13-6-12(2)7-14(10-28)19(13)33-16/h4-8,17,20-21,28,30H,3,9-11H2,1-2H3/t17-,20-,21-/m1/s1. The third-order valence-corrected chi connectivity index (χ3v) is 5.68. The Bertz CT molecular complexity index is 1270. The van der Waals surface area contributed by atoms with Crippen LogP contribution in [0.15, 0.2) is 39.7 Å². The molecule has 4 rings (SSSR count). The maximum atomic E-state index is 14.4. The Kier molecular flexibility index (Phi) is 6.52. The lowest BCUT2D eigenvalue weighted by molar-refractivity contribution is -0.144. The maximum absolute atomic E-state index is 14.4. The number of alkyl halides is 2. The number of esters is 1. The largest absolute Gasteiger partial charge is 0.457 e. The van der Waals surface area contributed by atoms with E-state index in [-0.39, 0.29) is 31.7 Å². The van der Waals surface area contributed by atoms with E-state index in [9.17, 15) is 28.6 Å². The van der Waals surface area contributed by atoms with Crippen molar-refractivity contribution in [2.45, 2.75) is 64.3 Å². The number of halogens is 2. The molecule has 1 aromatic carbocycles. The summed E-state index contributed by atoms with van der Waals surface area (Å²) < 4.78 is 45.4. The van der Waals surface area contributed by atoms with Crippen molar-refractivity contribution in [3.05, 3.63) is 63.5 Å². The van der Waals surface area contributed by atoms with Gasteiger partial charge in [-0.3, -0.25) is 9.36 Å². The topological polar surface area (TPSA) is 124 Å². The summed E-state index contributed by atoms with van der Waals surface area (Å²) in [5.74, 6) is -4.00. The van der Waals surface area contributed by atoms with Crippen LogP contribution in [0.3, 0.4) is 0 Å². The van der Waals surface area contributed by atoms with Crippen molar-refractivity contribution < 1.29 is 37.7 Å². The van der Waals surface area contributed by atoms with Crippen LogP contribution < -0.4 is 5.69 Å². The number of carbonyl (C=O) groups excluding carboxylic acids is 1. The Morgan fingerprint density at radius 2 is 2.09 bits per heavy atom. The minimum absolute atomic E-state index is 0.0305. The molecule has 0 saturated carbocycles. The molecule has 1 aliphatic rings. The highest BCUT2D eigenvalue weighted by molar-refractivity contribution is 5.82. The molecule has 3 aromatic rings. The Labute approximate surface area is 192 Å². The molecule has 1 aliphatic heterocycles. The van der Waals surface area contributed by atoms with Gasteiger partial charge in [0.25, 0.3) is 0 Å². The zero-order valence-electron chi connectivity index (χ0n) is 18.5. The molecule has 0 radical (unpaired) electrons. The maximum Gasteiger partial charge on any atom is 0.350 e. The normalized spacial score (nSPS) is 21.8. The van der Waals surface area contributed by atoms with Crippen LogP contribution in [0.5, 0.6) is 0 Å². The first-order chi connectivity index (χ1) is 16.1. The van der Waals surface area contributed by atoms with Crippen LogP contribution >= 0.6 is 0 Å². The van der Waals surface area contributed by atoms with E-state index in [0.29, 0.717) is 21.5 Å². The average Bonchev–Trinajstić information content (AvgIpc) is 3.30. The van der Waals surface area contributed by atoms with Gasteiger partial charge in [0.1, 0.15) is 24.1 Å². The summed E-state index contributed by atoms with van der Waals surface area (Å²) in [5, 5.41) is 20.0. The van der Waals surface area contributed by atoms with E-state index < -0.39 is 36.0 Å². The number of aromatic nitrogens is 2. The van der Waals surface area contributed by atoms with Gasteiger partial charge in [0.05, 0.1) is 24.8 Å². The van der Waals surface area contributed by atoms with Crippen molar-refractivity contribution in [2.75, 3.05) is 0 Å². The summed E-state index contributed by atoms with van der Waals surface area (Å²) in [6.07, 6.45) is -4.31. The van der Waals surface area contributed by atoms with Crippen LogP contribution in [-0.2, 0) is 33.9 Å². The van der Waals surface area contributed by atoms with Gasteiger partial charge in [0.2, 0.25) is 6.23 Å². The summed E-state index contributed by atoms with van der Waals surface area (Å²) in [5.41, 5.74) is 1.06. The van der Waals surface area contributed by atoms with Crippen molar-refractivity contribution in [2.24, 2.45) is 0 Å². The summed E-state index contributed by atoms with van der Waals surface area (Å²) in [7, 11) is 0. The van der Waals surface area contributed by atoms with Gasteiger partial charge in [0, 0.05) is 17.1 Å². The van der Waals surface area contributed by atoms with Crippen molar-refractivity contribution in [1.82, 2.24) is 9.55 Å². The molecule has 0 spiro atoms. The van der Waals surface area contributed by atoms with Gasteiger partial charge in [-0.15, -0.1) is 0 Å². The highest BCUT2D eigenvalue weighted by Gasteiger charge is 2.59. The molecule has 182 valence electrons. The second kappa shape index (κ2) is 9.24. The number of hydrogen-bond acceptors (Lipinski definition) is 8. The SMILES string of the molecule is CC[C@H]1O[C@@H](n2ccc(CC(=O)OCc3cc4cc(C)cc(CO)c4o3)nc2=O)C(F)(F)[C@@H]1O. The molecule has 3 atom stereocenters. The summed E-state index contributed by atoms with van der Waals surface area (Å²) in [4.78, 5) is 28.2. The summed E-state index contributed by atoms with van der Waals surface area (Å²) in [6.45, 7) is 3.10. The first-order valence-electron chi connectivity index (χ1n) is 10.7. The van der Waals surface area contributed by atoms with E-state index in [4.69, 9.17) is 13.9 Å². The Morgan fingerprint density at radius 1 is 1.32 bits per heavy atom. The molecule has 2 aromatic heterocycles. The van der Waals surface area contributed by atoms with E-state index in [1.54, 1.807) is 19.1 Å². The highest BCUT2D eigenvalue weighted by Crippen LogP contribution is 2.42. The summed E-state index contributed by atoms with van der Waals surface area (Å²) >= 11 is 0. The Morgan fingerprint density at radius 3 is 2.74 bits per heavy atom. The van der Waals surface area contributed by atoms with Crippen LogP contribution in [0.4, 0.5) is 8.78 Å². The Balaban J connectivity index is 1.42. The second-order valence-corrected chi connectivity index (χ2v) is 8.21. The zero-order valence-corrected chi connectivity index (χ0v) is 18.5. The number of benzene rings is 1. The quantitative estimate of drug-likeness (QED) is 0.496. The van der Waals surface area contributed by atoms with Crippen molar-refractivity contribution in [3.63, 3.8) is 0 Å². The van der Waals surface area contributed by atoms with Crippen LogP contribution in [0, 0.1) is 6.92 Å². The average molecular weight is 478 g/mol. The molecule has 0 bridgehead atoms. The fourth-order valence-corrected chi connectivity index (χ4v) is 4.00. The van der Waals surface area contributed by atoms with Gasteiger partial charge < -0.3 is 24.1 Å². The number of fused-ring (bicyclic) bond motifs is 1. The predicted molar refractivity (Wildman–Crippen MR) is 114 cm³/mol. The van der Waals surface area contributed by atoms with Gasteiger partial charge in [-0.05, 0) is 37.1 Å². The zero-order chi connectivity index (χ0) is 24.6. The van der Waals surface area contributed by atoms with Crippen molar-refractivity contribution >= 4 is 16.9 Å². The minimum Gasteiger partial charge on any atom is -0.457 e. The number of aliphatic hydroxyl groups is 2. The predicted octanol–water partition coefficient (Wildman–Crippen LogP) is 2.38. The molecule has 1 saturated heterocycles. The second-order valence-electron chi connectivity index (χ2n) is 8.21. The molecule has 0 amide bonds. The number of rotatable bonds is 7. The molecular formula is C23H24F2N2O7. The molecular weight excluding hydrogens is 454 g/mol. The molecule has 3 heterocycles. The smallest absolute Gasteiger partial charge is 0.350 e. The van der Waals surface area contributed by atoms with E-state index in [2.05, 4.69) is 4.98 Å². The van der Waals surface area contributed by atoms with Crippen molar-refractivity contribution in [3.8, 4) is 0 Å². The fourth-order valence-electron chi connectivity index (χ4n) is 4.00. The van der Waals surface area contributed by atoms with E-state index in [1.807, 2.05) is 13.0 Å². The van der Waals surface area contributed by atoms with Gasteiger partial charge in [-0.25, -0.2) is 4.79 Å². The van der Waals surface area contributed by atoms with Crippen LogP contribution in [-0.4, -0.2) is 43.9 Å². The molecule has 0 aliphatic carbocycles. The van der Waals surface area contributed by atoms with Gasteiger partial charge in [-0.2, -0.15) is 13.8 Å². The molecule has 0 unspecified atom stereocenters. The van der Waals surface area contributed by atoms with Crippen LogP contribution in [0.25, 0.3) is 11.0 Å². The molecule has 11 heteroatoms. The third kappa shape index (κ3) is 4.46. The van der Waals surface area contributed by atoms with Crippen LogP contribution in [0.1, 0.15) is 42.2 Å². The first-order valence-corrected chi connectivity index (χ1v) is 10.7. The number of aliphatic hydroxyl groups excluding tert-OH is 2. The molecule has 9 nitrogen and oxygen atoms in total. The van der Waals surface area contributed by atoms with E-state index >= 15 is 0 Å². The van der Waals surface area contributed by atoms with Crippen LogP contribution in [0.2, 0.25) is 0 Å². The lowest BCUT2D eigenvalue weighted by Crippen LogP contribution is -2.41. The highest BCUT2D eigenvalue weighted by atomic mass is 19.3. The first kappa shape index (κ1) is 24.0. The monoisotopic (exact) mass is 478 g/mol. The number of furan rings is 1. The number of ether oxygens (including phenoxy) is 2. The number of hydrogen-bond donors (Lipinski definition) is 2. The Hall–Kier alpha value is -3.15. The fraction of sp³-hybridized carbons (Fsp3) is 0.435. The minimum atomic E-state index is -3.67. The molecule has 1 fully saturated rings. The van der Waals surface area contributed by atoms with Gasteiger partial charge >= 0.3 is 17.6 Å². The molecule has 34 heavy (non-hydrogen) atoms. The molecule has 2 N–H and O–H groups in total. The van der Waals surface area contributed by atoms with Gasteiger partial charge in [-0.1, -0.05) is 13.0 Å². The van der Waals surface area contributed by atoms with E-state index in [1.165, 1.54) is 6.07 Å². The van der Waals surface area contributed by atoms with Crippen molar-refractivity contribution in [1.29, 1.82) is 0 Å². The number of nitrogens with zero attached hydrogens (tertiary/aromatic N) is 2. The third-order valence-electron chi connectivity index (χ3n) is 5.68. The lowest BCUT2D eigenvalue weighted by Gasteiger charge is -2.21. The number of aryl methyl sites for hydroxylation is 1. The number of carbonyl (C=O) groups is 1.